The zero-order valence-electron chi connectivity index (χ0n) is 15.8. The Morgan fingerprint density at radius 2 is 1.52 bits per heavy atom. The van der Waals surface area contributed by atoms with E-state index in [2.05, 4.69) is 15.3 Å². The number of nitrogens with zero attached hydrogens (tertiary/aromatic N) is 2. The van der Waals surface area contributed by atoms with E-state index < -0.39 is 0 Å². The molecule has 0 aromatic carbocycles. The molecule has 4 saturated carbocycles. The molecular formula is C20H29N3OS. The Bertz CT molecular complexity index is 644. The van der Waals surface area contributed by atoms with E-state index in [0.29, 0.717) is 5.16 Å². The summed E-state index contributed by atoms with van der Waals surface area (Å²) in [6.45, 7) is 8.04. The third kappa shape index (κ3) is 3.32. The summed E-state index contributed by atoms with van der Waals surface area (Å²) < 4.78 is 0. The molecule has 1 heterocycles. The fourth-order valence-corrected chi connectivity index (χ4v) is 6.49. The second kappa shape index (κ2) is 6.26. The largest absolute Gasteiger partial charge is 0.350 e. The van der Waals surface area contributed by atoms with E-state index in [9.17, 15) is 4.79 Å². The highest BCUT2D eigenvalue weighted by Crippen LogP contribution is 2.55. The molecule has 1 aromatic heterocycles. The Kier molecular flexibility index (Phi) is 4.33. The van der Waals surface area contributed by atoms with Crippen LogP contribution >= 0.6 is 11.8 Å². The number of hydrogen-bond donors (Lipinski definition) is 1. The van der Waals surface area contributed by atoms with Crippen LogP contribution in [-0.2, 0) is 4.79 Å². The van der Waals surface area contributed by atoms with E-state index in [1.165, 1.54) is 50.3 Å². The number of thioether (sulfide) groups is 1. The van der Waals surface area contributed by atoms with Crippen molar-refractivity contribution in [2.45, 2.75) is 82.2 Å². The van der Waals surface area contributed by atoms with Crippen LogP contribution in [0.4, 0.5) is 0 Å². The molecule has 1 aromatic rings. The van der Waals surface area contributed by atoms with Gasteiger partial charge in [-0.15, -0.1) is 0 Å². The highest BCUT2D eigenvalue weighted by Gasteiger charge is 2.51. The quantitative estimate of drug-likeness (QED) is 0.653. The van der Waals surface area contributed by atoms with E-state index in [1.807, 2.05) is 27.7 Å². The maximum atomic E-state index is 12.9. The summed E-state index contributed by atoms with van der Waals surface area (Å²) in [5.74, 6) is 2.70. The molecule has 136 valence electrons. The van der Waals surface area contributed by atoms with E-state index in [-0.39, 0.29) is 16.7 Å². The van der Waals surface area contributed by atoms with Crippen LogP contribution in [0, 0.1) is 38.5 Å². The third-order valence-electron chi connectivity index (χ3n) is 6.69. The lowest BCUT2D eigenvalue weighted by molar-refractivity contribution is -0.126. The second-order valence-corrected chi connectivity index (χ2v) is 10.1. The molecule has 5 heteroatoms. The molecule has 0 aliphatic heterocycles. The molecule has 0 radical (unpaired) electrons. The van der Waals surface area contributed by atoms with Crippen molar-refractivity contribution in [3.63, 3.8) is 0 Å². The summed E-state index contributed by atoms with van der Waals surface area (Å²) in [7, 11) is 0. The van der Waals surface area contributed by atoms with Gasteiger partial charge in [-0.1, -0.05) is 11.8 Å². The van der Waals surface area contributed by atoms with Gasteiger partial charge in [0.05, 0.1) is 5.25 Å². The molecule has 4 bridgehead atoms. The Hall–Kier alpha value is -1.10. The van der Waals surface area contributed by atoms with Crippen LogP contribution < -0.4 is 5.32 Å². The number of hydrogen-bond acceptors (Lipinski definition) is 4. The van der Waals surface area contributed by atoms with Gasteiger partial charge in [-0.2, -0.15) is 0 Å². The van der Waals surface area contributed by atoms with Gasteiger partial charge < -0.3 is 5.32 Å². The Balaban J connectivity index is 1.43. The fourth-order valence-electron chi connectivity index (χ4n) is 5.63. The van der Waals surface area contributed by atoms with Crippen LogP contribution in [0.15, 0.2) is 5.16 Å². The number of nitrogens with one attached hydrogen (secondary N) is 1. The number of carbonyl (C=O) groups is 1. The van der Waals surface area contributed by atoms with Gasteiger partial charge in [0.15, 0.2) is 5.16 Å². The molecule has 1 N–H and O–H groups in total. The van der Waals surface area contributed by atoms with Gasteiger partial charge in [-0.05, 0) is 89.5 Å². The Morgan fingerprint density at radius 3 is 2.00 bits per heavy atom. The molecule has 4 fully saturated rings. The van der Waals surface area contributed by atoms with Crippen LogP contribution in [-0.4, -0.2) is 26.7 Å². The van der Waals surface area contributed by atoms with Crippen molar-refractivity contribution in [2.24, 2.45) is 17.8 Å². The van der Waals surface area contributed by atoms with Crippen LogP contribution in [0.2, 0.25) is 0 Å². The summed E-state index contributed by atoms with van der Waals surface area (Å²) in [6.07, 6.45) is 7.78. The van der Waals surface area contributed by atoms with Crippen molar-refractivity contribution in [1.82, 2.24) is 15.3 Å². The fraction of sp³-hybridized carbons (Fsp3) is 0.750. The molecular weight excluding hydrogens is 330 g/mol. The number of amides is 1. The zero-order chi connectivity index (χ0) is 17.8. The SMILES string of the molecule is Cc1nc(S[C@H](C)C(=O)NC23CC4CC(CC(C4)C2)C3)nc(C)c1C. The van der Waals surface area contributed by atoms with Crippen molar-refractivity contribution in [3.8, 4) is 0 Å². The van der Waals surface area contributed by atoms with Gasteiger partial charge in [0.2, 0.25) is 5.91 Å². The maximum Gasteiger partial charge on any atom is 0.233 e. The van der Waals surface area contributed by atoms with Gasteiger partial charge in [-0.3, -0.25) is 4.79 Å². The molecule has 1 atom stereocenters. The normalized spacial score (nSPS) is 34.2. The van der Waals surface area contributed by atoms with Gasteiger partial charge in [-0.25, -0.2) is 9.97 Å². The summed E-state index contributed by atoms with van der Waals surface area (Å²) in [4.78, 5) is 22.0. The van der Waals surface area contributed by atoms with E-state index in [1.54, 1.807) is 0 Å². The molecule has 5 rings (SSSR count). The van der Waals surface area contributed by atoms with Crippen molar-refractivity contribution in [2.75, 3.05) is 0 Å². The molecule has 0 spiro atoms. The molecule has 4 aliphatic carbocycles. The van der Waals surface area contributed by atoms with Crippen LogP contribution in [0.25, 0.3) is 0 Å². The lowest BCUT2D eigenvalue weighted by Crippen LogP contribution is -2.60. The first-order chi connectivity index (χ1) is 11.8. The average Bonchev–Trinajstić information content (AvgIpc) is 2.50. The molecule has 0 saturated heterocycles. The highest BCUT2D eigenvalue weighted by atomic mass is 32.2. The summed E-state index contributed by atoms with van der Waals surface area (Å²) in [5, 5.41) is 4.03. The number of aromatic nitrogens is 2. The lowest BCUT2D eigenvalue weighted by atomic mass is 9.53. The molecule has 0 unspecified atom stereocenters. The lowest BCUT2D eigenvalue weighted by Gasteiger charge is -2.57. The first-order valence-electron chi connectivity index (χ1n) is 9.64. The summed E-state index contributed by atoms with van der Waals surface area (Å²) >= 11 is 1.48. The smallest absolute Gasteiger partial charge is 0.233 e. The average molecular weight is 360 g/mol. The second-order valence-electron chi connectivity index (χ2n) is 8.75. The third-order valence-corrected chi connectivity index (χ3v) is 7.65. The standard InChI is InChI=1S/C20H29N3OS/c1-11-12(2)21-19(22-13(11)3)25-14(4)18(24)23-20-8-15-5-16(9-20)7-17(6-15)10-20/h14-17H,5-10H2,1-4H3,(H,23,24)/t14-,15?,16?,17?,20?/m1/s1. The number of carbonyl (C=O) groups excluding carboxylic acids is 1. The highest BCUT2D eigenvalue weighted by molar-refractivity contribution is 8.00. The van der Waals surface area contributed by atoms with Crippen LogP contribution in [0.1, 0.15) is 62.4 Å². The number of rotatable bonds is 4. The van der Waals surface area contributed by atoms with Gasteiger partial charge in [0.25, 0.3) is 0 Å². The predicted molar refractivity (Wildman–Crippen MR) is 101 cm³/mol. The predicted octanol–water partition coefficient (Wildman–Crippen LogP) is 3.97. The van der Waals surface area contributed by atoms with Gasteiger partial charge in [0.1, 0.15) is 0 Å². The monoisotopic (exact) mass is 359 g/mol. The first-order valence-corrected chi connectivity index (χ1v) is 10.5. The van der Waals surface area contributed by atoms with Gasteiger partial charge in [0, 0.05) is 16.9 Å². The van der Waals surface area contributed by atoms with Crippen molar-refractivity contribution < 1.29 is 4.79 Å². The van der Waals surface area contributed by atoms with E-state index in [4.69, 9.17) is 0 Å². The van der Waals surface area contributed by atoms with Crippen molar-refractivity contribution >= 4 is 17.7 Å². The minimum absolute atomic E-state index is 0.0839. The van der Waals surface area contributed by atoms with Crippen molar-refractivity contribution in [3.05, 3.63) is 17.0 Å². The van der Waals surface area contributed by atoms with Crippen LogP contribution in [0.3, 0.4) is 0 Å². The molecule has 4 nitrogen and oxygen atoms in total. The Morgan fingerprint density at radius 1 is 1.04 bits per heavy atom. The molecule has 1 amide bonds. The Labute approximate surface area is 155 Å². The topological polar surface area (TPSA) is 54.9 Å². The van der Waals surface area contributed by atoms with Crippen molar-refractivity contribution in [1.29, 1.82) is 0 Å². The summed E-state index contributed by atoms with van der Waals surface area (Å²) in [5.41, 5.74) is 3.23. The minimum atomic E-state index is -0.158. The number of aryl methyl sites for hydroxylation is 2. The zero-order valence-corrected chi connectivity index (χ0v) is 16.6. The maximum absolute atomic E-state index is 12.9. The molecule has 25 heavy (non-hydrogen) atoms. The summed E-state index contributed by atoms with van der Waals surface area (Å²) in [6, 6.07) is 0. The van der Waals surface area contributed by atoms with E-state index in [0.717, 1.165) is 34.7 Å². The van der Waals surface area contributed by atoms with Crippen LogP contribution in [0.5, 0.6) is 0 Å². The molecule has 4 aliphatic rings. The minimum Gasteiger partial charge on any atom is -0.350 e. The first kappa shape index (κ1) is 17.3. The van der Waals surface area contributed by atoms with E-state index >= 15 is 0 Å². The van der Waals surface area contributed by atoms with Gasteiger partial charge >= 0.3 is 0 Å².